The molecule has 0 aromatic heterocycles. The molecular weight excluding hydrogens is 68.0 g/mol. The summed E-state index contributed by atoms with van der Waals surface area (Å²) in [6.07, 6.45) is 0.701. The van der Waals surface area contributed by atoms with Gasteiger partial charge in [-0.15, -0.1) is 0 Å². The normalized spacial score (nSPS) is 4.00. The Balaban J connectivity index is 3.16. The molecule has 0 fully saturated rings. The van der Waals surface area contributed by atoms with Crippen LogP contribution in [0.5, 0.6) is 0 Å². The van der Waals surface area contributed by atoms with E-state index in [-0.39, 0.29) is 0 Å². The van der Waals surface area contributed by atoms with E-state index in [9.17, 15) is 0 Å². The third-order valence-electron chi connectivity index (χ3n) is 0.117. The van der Waals surface area contributed by atoms with Crippen molar-refractivity contribution in [1.29, 1.82) is 5.41 Å². The zero-order chi connectivity index (χ0) is 4.12. The molecule has 1 N–H and O–H groups in total. The molecule has 3 heteroatoms. The molecule has 0 aliphatic rings. The SMILES string of the molecule is N=CC#[N+][O-]. The molecule has 0 heterocycles. The lowest BCUT2D eigenvalue weighted by Gasteiger charge is -1.43. The van der Waals surface area contributed by atoms with Crippen molar-refractivity contribution in [2.75, 3.05) is 0 Å². The number of nitrogens with one attached hydrogen (secondary N) is 1. The molecule has 3 nitrogen and oxygen atoms in total. The first-order chi connectivity index (χ1) is 2.41. The Bertz CT molecular complexity index is 77.4. The number of rotatable bonds is 0. The van der Waals surface area contributed by atoms with Crippen molar-refractivity contribution in [3.8, 4) is 6.07 Å². The second-order valence-electron chi connectivity index (χ2n) is 0.365. The average molecular weight is 70.1 g/mol. The molecule has 0 radical (unpaired) electrons. The van der Waals surface area contributed by atoms with Crippen LogP contribution in [0.25, 0.3) is 5.01 Å². The van der Waals surface area contributed by atoms with Crippen LogP contribution < -0.4 is 0 Å². The van der Waals surface area contributed by atoms with Crippen molar-refractivity contribution >= 4 is 6.21 Å². The first-order valence-corrected chi connectivity index (χ1v) is 0.984. The van der Waals surface area contributed by atoms with Gasteiger partial charge in [0.2, 0.25) is 0 Å². The predicted octanol–water partition coefficient (Wildman–Crippen LogP) is 0.467. The fourth-order valence-corrected chi connectivity index (χ4v) is 0.0264. The van der Waals surface area contributed by atoms with Gasteiger partial charge in [0, 0.05) is 5.01 Å². The van der Waals surface area contributed by atoms with E-state index in [1.807, 2.05) is 0 Å². The van der Waals surface area contributed by atoms with E-state index in [1.165, 1.54) is 0 Å². The molecular formula is C2H2N2O. The van der Waals surface area contributed by atoms with E-state index in [0.717, 1.165) is 0 Å². The Morgan fingerprint density at radius 2 is 2.60 bits per heavy atom. The minimum atomic E-state index is 0.701. The topological polar surface area (TPSA) is 51.3 Å². The maximum absolute atomic E-state index is 8.89. The van der Waals surface area contributed by atoms with E-state index in [1.54, 1.807) is 6.07 Å². The van der Waals surface area contributed by atoms with E-state index in [0.29, 0.717) is 6.21 Å². The Morgan fingerprint density at radius 1 is 2.00 bits per heavy atom. The summed E-state index contributed by atoms with van der Waals surface area (Å²) >= 11 is 0. The van der Waals surface area contributed by atoms with Crippen molar-refractivity contribution < 1.29 is 0 Å². The largest absolute Gasteiger partial charge is 0.498 e. The Hall–Kier alpha value is -1.04. The van der Waals surface area contributed by atoms with Crippen molar-refractivity contribution in [1.82, 2.24) is 0 Å². The van der Waals surface area contributed by atoms with Crippen LogP contribution in [0.4, 0.5) is 0 Å². The maximum Gasteiger partial charge on any atom is 0.348 e. The third-order valence-corrected chi connectivity index (χ3v) is 0.117. The fourth-order valence-electron chi connectivity index (χ4n) is 0.0264. The second kappa shape index (κ2) is 2.96. The summed E-state index contributed by atoms with van der Waals surface area (Å²) in [4.78, 5) is 0. The smallest absolute Gasteiger partial charge is 0.348 e. The molecule has 0 spiro atoms. The van der Waals surface area contributed by atoms with Crippen LogP contribution >= 0.6 is 0 Å². The molecule has 0 bridgehead atoms. The van der Waals surface area contributed by atoms with Gasteiger partial charge >= 0.3 is 6.07 Å². The molecule has 0 saturated heterocycles. The first-order valence-electron chi connectivity index (χ1n) is 0.984. The van der Waals surface area contributed by atoms with Gasteiger partial charge in [0.25, 0.3) is 0 Å². The maximum atomic E-state index is 8.89. The van der Waals surface area contributed by atoms with Crippen molar-refractivity contribution in [3.63, 3.8) is 0 Å². The highest BCUT2D eigenvalue weighted by Crippen LogP contribution is 1.46. The third kappa shape index (κ3) is 2.96. The van der Waals surface area contributed by atoms with Crippen LogP contribution in [0.1, 0.15) is 0 Å². The van der Waals surface area contributed by atoms with Gasteiger partial charge in [0.15, 0.2) is 0 Å². The predicted molar refractivity (Wildman–Crippen MR) is 19.4 cm³/mol. The van der Waals surface area contributed by atoms with E-state index < -0.39 is 0 Å². The van der Waals surface area contributed by atoms with Crippen LogP contribution in [0.3, 0.4) is 0 Å². The summed E-state index contributed by atoms with van der Waals surface area (Å²) < 4.78 is 0. The van der Waals surface area contributed by atoms with Gasteiger partial charge in [-0.05, 0) is 0 Å². The van der Waals surface area contributed by atoms with Gasteiger partial charge in [0.1, 0.15) is 6.21 Å². The molecule has 0 aromatic rings. The van der Waals surface area contributed by atoms with Gasteiger partial charge < -0.3 is 5.21 Å². The lowest BCUT2D eigenvalue weighted by Crippen LogP contribution is -1.46. The van der Waals surface area contributed by atoms with Crippen molar-refractivity contribution in [2.24, 2.45) is 0 Å². The molecule has 0 amide bonds. The zero-order valence-electron chi connectivity index (χ0n) is 2.43. The average Bonchev–Trinajstić information content (AvgIpc) is 1.41. The van der Waals surface area contributed by atoms with E-state index in [4.69, 9.17) is 10.6 Å². The highest BCUT2D eigenvalue weighted by Gasteiger charge is 1.55. The quantitative estimate of drug-likeness (QED) is 0.327. The van der Waals surface area contributed by atoms with Crippen LogP contribution in [-0.4, -0.2) is 6.21 Å². The molecule has 0 aliphatic carbocycles. The molecule has 0 aromatic carbocycles. The van der Waals surface area contributed by atoms with Gasteiger partial charge in [-0.2, -0.15) is 0 Å². The summed E-state index contributed by atoms with van der Waals surface area (Å²) in [5.41, 5.74) is 0. The molecule has 0 aliphatic heterocycles. The highest BCUT2D eigenvalue weighted by atomic mass is 16.4. The van der Waals surface area contributed by atoms with Crippen LogP contribution in [0.2, 0.25) is 0 Å². The first kappa shape index (κ1) is 3.96. The summed E-state index contributed by atoms with van der Waals surface area (Å²) in [6.45, 7) is 0. The Morgan fingerprint density at radius 3 is 2.60 bits per heavy atom. The minimum absolute atomic E-state index is 0.701. The fraction of sp³-hybridized carbons (Fsp3) is 0. The lowest BCUT2D eigenvalue weighted by molar-refractivity contribution is 1.59. The van der Waals surface area contributed by atoms with E-state index >= 15 is 0 Å². The van der Waals surface area contributed by atoms with Gasteiger partial charge in [-0.1, -0.05) is 0 Å². The molecule has 0 saturated carbocycles. The Labute approximate surface area is 29.1 Å². The zero-order valence-corrected chi connectivity index (χ0v) is 2.43. The standard InChI is InChI=1S/C2H2N2O/c3-1-2-4-5/h1,3H. The van der Waals surface area contributed by atoms with Gasteiger partial charge in [-0.25, -0.2) is 0 Å². The van der Waals surface area contributed by atoms with Crippen LogP contribution in [0, 0.1) is 16.7 Å². The molecule has 0 rings (SSSR count). The van der Waals surface area contributed by atoms with Crippen LogP contribution in [-0.2, 0) is 0 Å². The Kier molecular flexibility index (Phi) is 2.34. The molecule has 26 valence electrons. The monoisotopic (exact) mass is 70.0 g/mol. The van der Waals surface area contributed by atoms with Gasteiger partial charge in [0.05, 0.1) is 0 Å². The summed E-state index contributed by atoms with van der Waals surface area (Å²) in [6, 6.07) is 1.72. The number of hydrogen-bond donors (Lipinski definition) is 1. The van der Waals surface area contributed by atoms with Crippen molar-refractivity contribution in [2.45, 2.75) is 0 Å². The minimum Gasteiger partial charge on any atom is -0.498 e. The number of nitrogens with zero attached hydrogens (tertiary/aromatic N) is 1. The van der Waals surface area contributed by atoms with Crippen LogP contribution in [0.15, 0.2) is 0 Å². The molecule has 0 unspecified atom stereocenters. The summed E-state index contributed by atoms with van der Waals surface area (Å²) in [7, 11) is 0. The lowest BCUT2D eigenvalue weighted by atomic mass is 10.9. The van der Waals surface area contributed by atoms with Gasteiger partial charge in [-0.3, -0.25) is 5.41 Å². The van der Waals surface area contributed by atoms with E-state index in [2.05, 4.69) is 5.01 Å². The van der Waals surface area contributed by atoms with Crippen molar-refractivity contribution in [3.05, 3.63) is 10.2 Å². The second-order valence-corrected chi connectivity index (χ2v) is 0.365. The molecule has 5 heavy (non-hydrogen) atoms. The number of hydrogen-bond acceptors (Lipinski definition) is 2. The molecule has 0 atom stereocenters. The summed E-state index contributed by atoms with van der Waals surface area (Å²) in [5, 5.41) is 17.1. The highest BCUT2D eigenvalue weighted by molar-refractivity contribution is 5.73. The summed E-state index contributed by atoms with van der Waals surface area (Å²) in [5.74, 6) is 0.